The normalized spacial score (nSPS) is 20.1. The molecule has 3 heterocycles. The summed E-state index contributed by atoms with van der Waals surface area (Å²) >= 11 is 6.10. The lowest BCUT2D eigenvalue weighted by Gasteiger charge is -2.39. The van der Waals surface area contributed by atoms with Gasteiger partial charge >= 0.3 is 0 Å². The van der Waals surface area contributed by atoms with Crippen LogP contribution in [0.4, 0.5) is 5.69 Å². The number of carbonyl (C=O) groups excluding carboxylic acids is 2. The van der Waals surface area contributed by atoms with Gasteiger partial charge in [0.1, 0.15) is 5.76 Å². The van der Waals surface area contributed by atoms with E-state index >= 15 is 0 Å². The number of halogens is 1. The number of hydrogen-bond acceptors (Lipinski definition) is 4. The Kier molecular flexibility index (Phi) is 5.81. The lowest BCUT2D eigenvalue weighted by Crippen LogP contribution is -2.53. The maximum Gasteiger partial charge on any atom is 0.257 e. The van der Waals surface area contributed by atoms with E-state index in [1.54, 1.807) is 17.9 Å². The molecule has 1 aromatic carbocycles. The highest BCUT2D eigenvalue weighted by Crippen LogP contribution is 2.24. The van der Waals surface area contributed by atoms with Crippen molar-refractivity contribution in [3.63, 3.8) is 0 Å². The molecule has 7 heteroatoms. The van der Waals surface area contributed by atoms with Crippen LogP contribution >= 0.6 is 11.6 Å². The maximum atomic E-state index is 13.1. The van der Waals surface area contributed by atoms with Crippen molar-refractivity contribution in [1.29, 1.82) is 0 Å². The van der Waals surface area contributed by atoms with E-state index in [4.69, 9.17) is 16.0 Å². The van der Waals surface area contributed by atoms with Crippen LogP contribution in [0.5, 0.6) is 0 Å². The smallest absolute Gasteiger partial charge is 0.257 e. The summed E-state index contributed by atoms with van der Waals surface area (Å²) in [6.07, 6.45) is 3.22. The zero-order valence-electron chi connectivity index (χ0n) is 16.6. The van der Waals surface area contributed by atoms with Gasteiger partial charge in [-0.25, -0.2) is 0 Å². The van der Waals surface area contributed by atoms with Crippen molar-refractivity contribution >= 4 is 29.1 Å². The van der Waals surface area contributed by atoms with Gasteiger partial charge in [-0.15, -0.1) is 0 Å². The lowest BCUT2D eigenvalue weighted by molar-refractivity contribution is -0.137. The van der Waals surface area contributed by atoms with Gasteiger partial charge in [0, 0.05) is 50.0 Å². The molecule has 29 heavy (non-hydrogen) atoms. The lowest BCUT2D eigenvalue weighted by atomic mass is 9.95. The highest BCUT2D eigenvalue weighted by atomic mass is 35.5. The Labute approximate surface area is 176 Å². The molecule has 2 fully saturated rings. The molecular formula is C22H26ClN3O3. The first-order chi connectivity index (χ1) is 14.0. The number of anilines is 1. The number of benzene rings is 1. The average molecular weight is 416 g/mol. The first kappa shape index (κ1) is 19.8. The van der Waals surface area contributed by atoms with Crippen LogP contribution < -0.4 is 4.90 Å². The molecule has 2 aromatic rings. The van der Waals surface area contributed by atoms with Crippen LogP contribution in [0, 0.1) is 12.8 Å². The fourth-order valence-electron chi connectivity index (χ4n) is 4.26. The molecular weight excluding hydrogens is 390 g/mol. The largest absolute Gasteiger partial charge is 0.469 e. The van der Waals surface area contributed by atoms with E-state index in [9.17, 15) is 9.59 Å². The predicted molar refractivity (Wildman–Crippen MR) is 112 cm³/mol. The van der Waals surface area contributed by atoms with Gasteiger partial charge in [0.2, 0.25) is 5.91 Å². The van der Waals surface area contributed by atoms with E-state index in [0.717, 1.165) is 36.6 Å². The monoisotopic (exact) mass is 415 g/mol. The molecule has 1 unspecified atom stereocenters. The minimum atomic E-state index is -0.127. The molecule has 0 N–H and O–H groups in total. The third kappa shape index (κ3) is 4.27. The summed E-state index contributed by atoms with van der Waals surface area (Å²) in [5.41, 5.74) is 1.68. The third-order valence-corrected chi connectivity index (χ3v) is 6.15. The van der Waals surface area contributed by atoms with Crippen molar-refractivity contribution in [2.45, 2.75) is 19.8 Å². The van der Waals surface area contributed by atoms with E-state index in [2.05, 4.69) is 4.90 Å². The summed E-state index contributed by atoms with van der Waals surface area (Å²) in [7, 11) is 0. The molecule has 0 bridgehead atoms. The molecule has 4 rings (SSSR count). The summed E-state index contributed by atoms with van der Waals surface area (Å²) in [5, 5.41) is 0.723. The SMILES string of the molecule is Cc1occc1C(=O)N1CCCC(C(=O)N2CCN(c3cccc(Cl)c3)CC2)C1. The molecule has 2 aliphatic heterocycles. The Morgan fingerprint density at radius 3 is 2.55 bits per heavy atom. The third-order valence-electron chi connectivity index (χ3n) is 5.91. The molecule has 0 saturated carbocycles. The number of rotatable bonds is 3. The molecule has 0 spiro atoms. The summed E-state index contributed by atoms with van der Waals surface area (Å²) in [6, 6.07) is 9.53. The van der Waals surface area contributed by atoms with Crippen molar-refractivity contribution in [2.75, 3.05) is 44.2 Å². The molecule has 0 radical (unpaired) electrons. The summed E-state index contributed by atoms with van der Waals surface area (Å²) < 4.78 is 5.26. The van der Waals surface area contributed by atoms with Crippen molar-refractivity contribution in [2.24, 2.45) is 5.92 Å². The van der Waals surface area contributed by atoms with Crippen molar-refractivity contribution in [3.05, 3.63) is 52.9 Å². The fourth-order valence-corrected chi connectivity index (χ4v) is 4.44. The Morgan fingerprint density at radius 2 is 1.86 bits per heavy atom. The second-order valence-corrected chi connectivity index (χ2v) is 8.21. The standard InChI is InChI=1S/C22H26ClN3O3/c1-16-20(7-13-29-16)22(28)26-8-3-4-17(15-26)21(27)25-11-9-24(10-12-25)19-6-2-5-18(23)14-19/h2,5-7,13-14,17H,3-4,8-12,15H2,1H3. The zero-order chi connectivity index (χ0) is 20.4. The Morgan fingerprint density at radius 1 is 1.07 bits per heavy atom. The molecule has 1 atom stereocenters. The Bertz CT molecular complexity index is 889. The number of hydrogen-bond donors (Lipinski definition) is 0. The number of amides is 2. The van der Waals surface area contributed by atoms with Gasteiger partial charge < -0.3 is 19.1 Å². The second-order valence-electron chi connectivity index (χ2n) is 7.77. The van der Waals surface area contributed by atoms with Gasteiger partial charge in [-0.3, -0.25) is 9.59 Å². The topological polar surface area (TPSA) is 57.0 Å². The number of nitrogens with zero attached hydrogens (tertiary/aromatic N) is 3. The van der Waals surface area contributed by atoms with E-state index in [-0.39, 0.29) is 17.7 Å². The minimum Gasteiger partial charge on any atom is -0.469 e. The van der Waals surface area contributed by atoms with Crippen molar-refractivity contribution < 1.29 is 14.0 Å². The highest BCUT2D eigenvalue weighted by Gasteiger charge is 2.33. The van der Waals surface area contributed by atoms with Gasteiger partial charge in [0.25, 0.3) is 5.91 Å². The minimum absolute atomic E-state index is 0.0421. The Hall–Kier alpha value is -2.47. The molecule has 2 aliphatic rings. The van der Waals surface area contributed by atoms with E-state index < -0.39 is 0 Å². The second kappa shape index (κ2) is 8.49. The quantitative estimate of drug-likeness (QED) is 0.770. The number of piperidine rings is 1. The number of furan rings is 1. The van der Waals surface area contributed by atoms with E-state index in [0.29, 0.717) is 37.5 Å². The molecule has 0 aliphatic carbocycles. The van der Waals surface area contributed by atoms with Crippen LogP contribution in [0.1, 0.15) is 29.0 Å². The Balaban J connectivity index is 1.35. The first-order valence-electron chi connectivity index (χ1n) is 10.2. The average Bonchev–Trinajstić information content (AvgIpc) is 3.19. The highest BCUT2D eigenvalue weighted by molar-refractivity contribution is 6.30. The van der Waals surface area contributed by atoms with Crippen LogP contribution in [0.3, 0.4) is 0 Å². The summed E-state index contributed by atoms with van der Waals surface area (Å²) in [4.78, 5) is 31.9. The molecule has 2 amide bonds. The van der Waals surface area contributed by atoms with Gasteiger partial charge in [0.15, 0.2) is 0 Å². The number of aryl methyl sites for hydroxylation is 1. The predicted octanol–water partition coefficient (Wildman–Crippen LogP) is 3.44. The van der Waals surface area contributed by atoms with Crippen molar-refractivity contribution in [1.82, 2.24) is 9.80 Å². The molecule has 154 valence electrons. The van der Waals surface area contributed by atoms with Gasteiger partial charge in [0.05, 0.1) is 17.7 Å². The van der Waals surface area contributed by atoms with Gasteiger partial charge in [-0.2, -0.15) is 0 Å². The van der Waals surface area contributed by atoms with E-state index in [1.807, 2.05) is 29.2 Å². The van der Waals surface area contributed by atoms with Crippen molar-refractivity contribution in [3.8, 4) is 0 Å². The van der Waals surface area contributed by atoms with Crippen LogP contribution in [-0.2, 0) is 4.79 Å². The first-order valence-corrected chi connectivity index (χ1v) is 10.5. The molecule has 2 saturated heterocycles. The van der Waals surface area contributed by atoms with Crippen LogP contribution in [-0.4, -0.2) is 60.9 Å². The number of likely N-dealkylation sites (tertiary alicyclic amines) is 1. The molecule has 6 nitrogen and oxygen atoms in total. The van der Waals surface area contributed by atoms with Gasteiger partial charge in [-0.1, -0.05) is 17.7 Å². The summed E-state index contributed by atoms with van der Waals surface area (Å²) in [6.45, 7) is 5.92. The number of piperazine rings is 1. The van der Waals surface area contributed by atoms with Crippen LogP contribution in [0.25, 0.3) is 0 Å². The zero-order valence-corrected chi connectivity index (χ0v) is 17.4. The number of carbonyl (C=O) groups is 2. The van der Waals surface area contributed by atoms with Crippen LogP contribution in [0.15, 0.2) is 41.0 Å². The fraction of sp³-hybridized carbons (Fsp3) is 0.455. The van der Waals surface area contributed by atoms with Gasteiger partial charge in [-0.05, 0) is 44.0 Å². The molecule has 1 aromatic heterocycles. The van der Waals surface area contributed by atoms with Crippen LogP contribution in [0.2, 0.25) is 5.02 Å². The maximum absolute atomic E-state index is 13.1. The van der Waals surface area contributed by atoms with E-state index in [1.165, 1.54) is 6.26 Å². The summed E-state index contributed by atoms with van der Waals surface area (Å²) in [5.74, 6) is 0.620.